The van der Waals surface area contributed by atoms with Crippen LogP contribution in [-0.2, 0) is 19.6 Å². The van der Waals surface area contributed by atoms with Gasteiger partial charge in [0.25, 0.3) is 0 Å². The molecule has 0 fully saturated rings. The van der Waals surface area contributed by atoms with Crippen molar-refractivity contribution in [2.45, 2.75) is 13.8 Å². The fourth-order valence-electron chi connectivity index (χ4n) is 1.40. The summed E-state index contributed by atoms with van der Waals surface area (Å²) in [7, 11) is -0.510. The molecule has 0 saturated carbocycles. The number of nitrogens with zero attached hydrogens (tertiary/aromatic N) is 1. The number of sulfonamides is 1. The maximum absolute atomic E-state index is 11.9. The SMILES string of the molecule is COCC(C)CS(=O)(=O)N(C)CC(C)C(=O)O. The van der Waals surface area contributed by atoms with Gasteiger partial charge in [0.05, 0.1) is 11.7 Å². The van der Waals surface area contributed by atoms with Crippen LogP contribution in [0.15, 0.2) is 0 Å². The highest BCUT2D eigenvalue weighted by Crippen LogP contribution is 2.09. The zero-order valence-electron chi connectivity index (χ0n) is 10.7. The number of carboxylic acids is 1. The number of aliphatic carboxylic acids is 1. The lowest BCUT2D eigenvalue weighted by Crippen LogP contribution is -2.37. The predicted molar refractivity (Wildman–Crippen MR) is 64.3 cm³/mol. The number of hydrogen-bond donors (Lipinski definition) is 1. The van der Waals surface area contributed by atoms with Crippen LogP contribution in [0.5, 0.6) is 0 Å². The van der Waals surface area contributed by atoms with E-state index in [4.69, 9.17) is 9.84 Å². The number of hydrogen-bond acceptors (Lipinski definition) is 4. The van der Waals surface area contributed by atoms with Gasteiger partial charge in [-0.25, -0.2) is 12.7 Å². The van der Waals surface area contributed by atoms with Crippen molar-refractivity contribution in [3.8, 4) is 0 Å². The molecule has 0 aromatic carbocycles. The highest BCUT2D eigenvalue weighted by molar-refractivity contribution is 7.89. The topological polar surface area (TPSA) is 83.9 Å². The van der Waals surface area contributed by atoms with Gasteiger partial charge in [0.1, 0.15) is 0 Å². The monoisotopic (exact) mass is 267 g/mol. The minimum atomic E-state index is -3.42. The van der Waals surface area contributed by atoms with Crippen LogP contribution < -0.4 is 0 Å². The third-order valence-corrected chi connectivity index (χ3v) is 4.46. The van der Waals surface area contributed by atoms with Gasteiger partial charge in [-0.05, 0) is 5.92 Å². The lowest BCUT2D eigenvalue weighted by atomic mass is 10.2. The van der Waals surface area contributed by atoms with Crippen LogP contribution in [-0.4, -0.2) is 56.9 Å². The summed E-state index contributed by atoms with van der Waals surface area (Å²) in [5, 5.41) is 8.72. The van der Waals surface area contributed by atoms with E-state index in [1.807, 2.05) is 0 Å². The lowest BCUT2D eigenvalue weighted by molar-refractivity contribution is -0.141. The van der Waals surface area contributed by atoms with Crippen LogP contribution in [0.1, 0.15) is 13.8 Å². The molecule has 0 saturated heterocycles. The minimum absolute atomic E-state index is 0.0165. The van der Waals surface area contributed by atoms with E-state index < -0.39 is 21.9 Å². The van der Waals surface area contributed by atoms with Crippen molar-refractivity contribution in [1.82, 2.24) is 4.31 Å². The highest BCUT2D eigenvalue weighted by Gasteiger charge is 2.24. The van der Waals surface area contributed by atoms with Gasteiger partial charge in [0, 0.05) is 27.3 Å². The second-order valence-electron chi connectivity index (χ2n) is 4.36. The molecule has 0 rings (SSSR count). The molecule has 0 spiro atoms. The summed E-state index contributed by atoms with van der Waals surface area (Å²) in [4.78, 5) is 10.6. The Morgan fingerprint density at radius 1 is 1.41 bits per heavy atom. The van der Waals surface area contributed by atoms with Crippen LogP contribution in [0.4, 0.5) is 0 Å². The maximum atomic E-state index is 11.9. The van der Waals surface area contributed by atoms with E-state index in [0.29, 0.717) is 6.61 Å². The van der Waals surface area contributed by atoms with Crippen LogP contribution in [0, 0.1) is 11.8 Å². The summed E-state index contributed by atoms with van der Waals surface area (Å²) < 4.78 is 29.7. The predicted octanol–water partition coefficient (Wildman–Crippen LogP) is 0.251. The van der Waals surface area contributed by atoms with Crippen LogP contribution in [0.3, 0.4) is 0 Å². The first-order valence-electron chi connectivity index (χ1n) is 5.36. The molecule has 0 radical (unpaired) electrons. The summed E-state index contributed by atoms with van der Waals surface area (Å²) in [6, 6.07) is 0. The summed E-state index contributed by atoms with van der Waals surface area (Å²) in [5.41, 5.74) is 0. The Bertz CT molecular complexity index is 341. The summed E-state index contributed by atoms with van der Waals surface area (Å²) in [6.45, 7) is 3.60. The number of methoxy groups -OCH3 is 1. The van der Waals surface area contributed by atoms with Crippen molar-refractivity contribution < 1.29 is 23.1 Å². The second kappa shape index (κ2) is 6.93. The van der Waals surface area contributed by atoms with Gasteiger partial charge in [-0.2, -0.15) is 0 Å². The Hall–Kier alpha value is -0.660. The largest absolute Gasteiger partial charge is 0.481 e. The average molecular weight is 267 g/mol. The smallest absolute Gasteiger partial charge is 0.307 e. The maximum Gasteiger partial charge on any atom is 0.307 e. The van der Waals surface area contributed by atoms with Crippen molar-refractivity contribution in [1.29, 1.82) is 0 Å². The van der Waals surface area contributed by atoms with Gasteiger partial charge in [-0.1, -0.05) is 13.8 Å². The molecule has 17 heavy (non-hydrogen) atoms. The molecule has 7 heteroatoms. The molecule has 6 nitrogen and oxygen atoms in total. The molecular formula is C10H21NO5S. The van der Waals surface area contributed by atoms with Gasteiger partial charge in [-0.15, -0.1) is 0 Å². The van der Waals surface area contributed by atoms with E-state index in [-0.39, 0.29) is 18.2 Å². The van der Waals surface area contributed by atoms with Crippen LogP contribution >= 0.6 is 0 Å². The first-order valence-corrected chi connectivity index (χ1v) is 6.97. The minimum Gasteiger partial charge on any atom is -0.481 e. The van der Waals surface area contributed by atoms with E-state index in [2.05, 4.69) is 0 Å². The first kappa shape index (κ1) is 16.3. The van der Waals surface area contributed by atoms with Gasteiger partial charge < -0.3 is 9.84 Å². The van der Waals surface area contributed by atoms with Crippen molar-refractivity contribution in [2.75, 3.05) is 33.1 Å². The second-order valence-corrected chi connectivity index (χ2v) is 6.48. The fraction of sp³-hybridized carbons (Fsp3) is 0.900. The first-order chi connectivity index (χ1) is 7.70. The van der Waals surface area contributed by atoms with Crippen molar-refractivity contribution in [3.05, 3.63) is 0 Å². The van der Waals surface area contributed by atoms with Gasteiger partial charge >= 0.3 is 5.97 Å². The van der Waals surface area contributed by atoms with Crippen molar-refractivity contribution in [3.63, 3.8) is 0 Å². The molecule has 0 aliphatic rings. The third kappa shape index (κ3) is 5.99. The van der Waals surface area contributed by atoms with E-state index in [1.54, 1.807) is 6.92 Å². The third-order valence-electron chi connectivity index (χ3n) is 2.37. The molecule has 0 aromatic rings. The Labute approximate surface area is 103 Å². The van der Waals surface area contributed by atoms with E-state index in [1.165, 1.54) is 21.1 Å². The summed E-state index contributed by atoms with van der Waals surface area (Å²) >= 11 is 0. The standard InChI is InChI=1S/C10H21NO5S/c1-8(6-16-4)7-17(14,15)11(3)5-9(2)10(12)13/h8-9H,5-7H2,1-4H3,(H,12,13). The Morgan fingerprint density at radius 2 is 1.94 bits per heavy atom. The van der Waals surface area contributed by atoms with Crippen molar-refractivity contribution >= 4 is 16.0 Å². The number of carbonyl (C=O) groups is 1. The number of rotatable bonds is 8. The Balaban J connectivity index is 4.45. The molecule has 2 atom stereocenters. The molecule has 0 aromatic heterocycles. The molecule has 0 amide bonds. The van der Waals surface area contributed by atoms with Crippen LogP contribution in [0.2, 0.25) is 0 Å². The summed E-state index contributed by atoms with van der Waals surface area (Å²) in [6.07, 6.45) is 0. The van der Waals surface area contributed by atoms with Crippen LogP contribution in [0.25, 0.3) is 0 Å². The summed E-state index contributed by atoms with van der Waals surface area (Å²) in [5.74, 6) is -1.87. The van der Waals surface area contributed by atoms with Gasteiger partial charge in [0.2, 0.25) is 10.0 Å². The highest BCUT2D eigenvalue weighted by atomic mass is 32.2. The quantitative estimate of drug-likeness (QED) is 0.681. The van der Waals surface area contributed by atoms with E-state index >= 15 is 0 Å². The number of carboxylic acid groups (broad SMARTS) is 1. The molecular weight excluding hydrogens is 246 g/mol. The lowest BCUT2D eigenvalue weighted by Gasteiger charge is -2.21. The molecule has 0 bridgehead atoms. The zero-order valence-corrected chi connectivity index (χ0v) is 11.5. The Kier molecular flexibility index (Phi) is 6.66. The molecule has 1 N–H and O–H groups in total. The number of ether oxygens (including phenoxy) is 1. The van der Waals surface area contributed by atoms with Gasteiger partial charge in [-0.3, -0.25) is 4.79 Å². The Morgan fingerprint density at radius 3 is 2.35 bits per heavy atom. The molecule has 0 aliphatic carbocycles. The normalized spacial score (nSPS) is 15.8. The molecule has 2 unspecified atom stereocenters. The van der Waals surface area contributed by atoms with Gasteiger partial charge in [0.15, 0.2) is 0 Å². The molecule has 0 aliphatic heterocycles. The zero-order chi connectivity index (χ0) is 13.6. The fourth-order valence-corrected chi connectivity index (χ4v) is 2.92. The van der Waals surface area contributed by atoms with E-state index in [9.17, 15) is 13.2 Å². The van der Waals surface area contributed by atoms with E-state index in [0.717, 1.165) is 4.31 Å². The molecule has 102 valence electrons. The average Bonchev–Trinajstić information content (AvgIpc) is 2.16. The molecule has 0 heterocycles. The van der Waals surface area contributed by atoms with Crippen molar-refractivity contribution in [2.24, 2.45) is 11.8 Å².